The van der Waals surface area contributed by atoms with Gasteiger partial charge in [0.15, 0.2) is 0 Å². The SMILES string of the molecule is CC(OCC(C)(C)CNCc1ccccc1)C(=O)N(C)C. The van der Waals surface area contributed by atoms with Crippen LogP contribution in [0.4, 0.5) is 0 Å². The lowest BCUT2D eigenvalue weighted by atomic mass is 9.94. The van der Waals surface area contributed by atoms with Crippen molar-refractivity contribution in [3.05, 3.63) is 35.9 Å². The Balaban J connectivity index is 2.31. The summed E-state index contributed by atoms with van der Waals surface area (Å²) in [5.41, 5.74) is 1.25. The maximum Gasteiger partial charge on any atom is 0.250 e. The molecule has 1 aromatic carbocycles. The molecule has 21 heavy (non-hydrogen) atoms. The van der Waals surface area contributed by atoms with Crippen molar-refractivity contribution in [2.75, 3.05) is 27.2 Å². The first kappa shape index (κ1) is 17.7. The number of carbonyl (C=O) groups is 1. The van der Waals surface area contributed by atoms with Gasteiger partial charge in [-0.15, -0.1) is 0 Å². The molecule has 118 valence electrons. The van der Waals surface area contributed by atoms with Gasteiger partial charge in [0, 0.05) is 32.6 Å². The summed E-state index contributed by atoms with van der Waals surface area (Å²) in [5.74, 6) is 0.00282. The van der Waals surface area contributed by atoms with E-state index in [1.165, 1.54) is 5.56 Å². The van der Waals surface area contributed by atoms with E-state index in [2.05, 4.69) is 31.3 Å². The highest BCUT2D eigenvalue weighted by molar-refractivity contribution is 5.79. The highest BCUT2D eigenvalue weighted by atomic mass is 16.5. The summed E-state index contributed by atoms with van der Waals surface area (Å²) < 4.78 is 5.70. The highest BCUT2D eigenvalue weighted by Crippen LogP contribution is 2.15. The summed E-state index contributed by atoms with van der Waals surface area (Å²) in [6.45, 7) is 8.31. The summed E-state index contributed by atoms with van der Waals surface area (Å²) in [4.78, 5) is 13.3. The van der Waals surface area contributed by atoms with Crippen LogP contribution in [0.5, 0.6) is 0 Å². The largest absolute Gasteiger partial charge is 0.368 e. The fourth-order valence-electron chi connectivity index (χ4n) is 1.98. The van der Waals surface area contributed by atoms with Gasteiger partial charge in [-0.05, 0) is 12.5 Å². The van der Waals surface area contributed by atoms with Crippen LogP contribution < -0.4 is 5.32 Å². The Morgan fingerprint density at radius 3 is 2.48 bits per heavy atom. The van der Waals surface area contributed by atoms with E-state index in [9.17, 15) is 4.79 Å². The quantitative estimate of drug-likeness (QED) is 0.799. The zero-order valence-electron chi connectivity index (χ0n) is 13.8. The van der Waals surface area contributed by atoms with Gasteiger partial charge in [-0.1, -0.05) is 44.2 Å². The molecular weight excluding hydrogens is 264 g/mol. The Kier molecular flexibility index (Phi) is 6.85. The standard InChI is InChI=1S/C17H28N2O2/c1-14(16(20)19(4)5)21-13-17(2,3)12-18-11-15-9-7-6-8-10-15/h6-10,14,18H,11-13H2,1-5H3. The molecule has 0 spiro atoms. The minimum Gasteiger partial charge on any atom is -0.368 e. The molecule has 4 nitrogen and oxygen atoms in total. The van der Waals surface area contributed by atoms with Crippen LogP contribution in [0.3, 0.4) is 0 Å². The molecule has 0 saturated carbocycles. The minimum atomic E-state index is -0.395. The minimum absolute atomic E-state index is 0.00282. The lowest BCUT2D eigenvalue weighted by Crippen LogP contribution is -2.38. The Morgan fingerprint density at radius 2 is 1.90 bits per heavy atom. The molecular formula is C17H28N2O2. The average Bonchev–Trinajstić information content (AvgIpc) is 2.45. The van der Waals surface area contributed by atoms with Gasteiger partial charge in [-0.3, -0.25) is 4.79 Å². The number of rotatable bonds is 8. The number of benzene rings is 1. The van der Waals surface area contributed by atoms with Crippen molar-refractivity contribution in [2.45, 2.75) is 33.4 Å². The summed E-state index contributed by atoms with van der Waals surface area (Å²) >= 11 is 0. The first-order valence-corrected chi connectivity index (χ1v) is 7.39. The van der Waals surface area contributed by atoms with Crippen LogP contribution in [0.25, 0.3) is 0 Å². The van der Waals surface area contributed by atoms with Crippen molar-refractivity contribution in [3.8, 4) is 0 Å². The Bertz CT molecular complexity index is 430. The zero-order valence-corrected chi connectivity index (χ0v) is 13.8. The number of ether oxygens (including phenoxy) is 1. The smallest absolute Gasteiger partial charge is 0.250 e. The highest BCUT2D eigenvalue weighted by Gasteiger charge is 2.22. The van der Waals surface area contributed by atoms with Gasteiger partial charge < -0.3 is 15.0 Å². The van der Waals surface area contributed by atoms with Crippen LogP contribution >= 0.6 is 0 Å². The second kappa shape index (κ2) is 8.15. The van der Waals surface area contributed by atoms with Gasteiger partial charge in [0.05, 0.1) is 6.61 Å². The van der Waals surface area contributed by atoms with Crippen LogP contribution in [0.1, 0.15) is 26.3 Å². The predicted octanol–water partition coefficient (Wildman–Crippen LogP) is 2.30. The molecule has 0 aliphatic rings. The first-order valence-electron chi connectivity index (χ1n) is 7.39. The van der Waals surface area contributed by atoms with Crippen molar-refractivity contribution in [1.82, 2.24) is 10.2 Å². The second-order valence-corrected chi connectivity index (χ2v) is 6.44. The summed E-state index contributed by atoms with van der Waals surface area (Å²) in [5, 5.41) is 3.44. The van der Waals surface area contributed by atoms with Crippen molar-refractivity contribution in [1.29, 1.82) is 0 Å². The maximum atomic E-state index is 11.7. The number of nitrogens with one attached hydrogen (secondary N) is 1. The molecule has 0 fully saturated rings. The van der Waals surface area contributed by atoms with E-state index in [4.69, 9.17) is 4.74 Å². The number of hydrogen-bond donors (Lipinski definition) is 1. The molecule has 1 aromatic rings. The van der Waals surface area contributed by atoms with E-state index in [1.807, 2.05) is 18.2 Å². The van der Waals surface area contributed by atoms with E-state index < -0.39 is 6.10 Å². The lowest BCUT2D eigenvalue weighted by Gasteiger charge is -2.27. The monoisotopic (exact) mass is 292 g/mol. The summed E-state index contributed by atoms with van der Waals surface area (Å²) in [7, 11) is 3.49. The third kappa shape index (κ3) is 6.74. The van der Waals surface area contributed by atoms with Crippen LogP contribution in [0.15, 0.2) is 30.3 Å². The van der Waals surface area contributed by atoms with Gasteiger partial charge in [-0.25, -0.2) is 0 Å². The molecule has 1 atom stereocenters. The third-order valence-electron chi connectivity index (χ3n) is 3.29. The maximum absolute atomic E-state index is 11.7. The van der Waals surface area contributed by atoms with Crippen LogP contribution in [-0.2, 0) is 16.1 Å². The molecule has 1 unspecified atom stereocenters. The molecule has 0 heterocycles. The fraction of sp³-hybridized carbons (Fsp3) is 0.588. The molecule has 0 bridgehead atoms. The molecule has 4 heteroatoms. The van der Waals surface area contributed by atoms with Gasteiger partial charge in [-0.2, -0.15) is 0 Å². The van der Waals surface area contributed by atoms with Gasteiger partial charge >= 0.3 is 0 Å². The number of hydrogen-bond acceptors (Lipinski definition) is 3. The van der Waals surface area contributed by atoms with Crippen LogP contribution in [0.2, 0.25) is 0 Å². The number of nitrogens with zero attached hydrogens (tertiary/aromatic N) is 1. The Hall–Kier alpha value is -1.39. The van der Waals surface area contributed by atoms with Gasteiger partial charge in [0.1, 0.15) is 6.10 Å². The summed E-state index contributed by atoms with van der Waals surface area (Å²) in [6.07, 6.45) is -0.395. The fourth-order valence-corrected chi connectivity index (χ4v) is 1.98. The van der Waals surface area contributed by atoms with Gasteiger partial charge in [0.2, 0.25) is 0 Å². The molecule has 1 N–H and O–H groups in total. The number of likely N-dealkylation sites (N-methyl/N-ethyl adjacent to an activating group) is 1. The predicted molar refractivity (Wildman–Crippen MR) is 86.0 cm³/mol. The van der Waals surface area contributed by atoms with E-state index in [0.29, 0.717) is 6.61 Å². The molecule has 0 radical (unpaired) electrons. The zero-order chi connectivity index (χ0) is 15.9. The Labute approximate surface area is 128 Å². The van der Waals surface area contributed by atoms with E-state index >= 15 is 0 Å². The second-order valence-electron chi connectivity index (χ2n) is 6.44. The Morgan fingerprint density at radius 1 is 1.29 bits per heavy atom. The average molecular weight is 292 g/mol. The topological polar surface area (TPSA) is 41.6 Å². The first-order chi connectivity index (χ1) is 9.82. The third-order valence-corrected chi connectivity index (χ3v) is 3.29. The normalized spacial score (nSPS) is 13.0. The van der Waals surface area contributed by atoms with E-state index in [-0.39, 0.29) is 11.3 Å². The van der Waals surface area contributed by atoms with E-state index in [0.717, 1.165) is 13.1 Å². The summed E-state index contributed by atoms with van der Waals surface area (Å²) in [6, 6.07) is 10.3. The van der Waals surface area contributed by atoms with Crippen molar-refractivity contribution in [3.63, 3.8) is 0 Å². The van der Waals surface area contributed by atoms with Crippen molar-refractivity contribution in [2.24, 2.45) is 5.41 Å². The van der Waals surface area contributed by atoms with E-state index in [1.54, 1.807) is 25.9 Å². The van der Waals surface area contributed by atoms with Crippen LogP contribution in [0, 0.1) is 5.41 Å². The van der Waals surface area contributed by atoms with Crippen molar-refractivity contribution >= 4 is 5.91 Å². The molecule has 1 amide bonds. The van der Waals surface area contributed by atoms with Crippen LogP contribution in [-0.4, -0.2) is 44.2 Å². The molecule has 1 rings (SSSR count). The molecule has 0 aliphatic heterocycles. The number of carbonyl (C=O) groups excluding carboxylic acids is 1. The van der Waals surface area contributed by atoms with Gasteiger partial charge in [0.25, 0.3) is 5.91 Å². The molecule has 0 aliphatic carbocycles. The molecule has 0 aromatic heterocycles. The number of amides is 1. The lowest BCUT2D eigenvalue weighted by molar-refractivity contribution is -0.141. The van der Waals surface area contributed by atoms with Crippen molar-refractivity contribution < 1.29 is 9.53 Å². The molecule has 0 saturated heterocycles.